The van der Waals surface area contributed by atoms with Crippen LogP contribution in [0.3, 0.4) is 0 Å². The third kappa shape index (κ3) is 4.05. The fourth-order valence-corrected chi connectivity index (χ4v) is 3.71. The normalized spacial score (nSPS) is 29.0. The van der Waals surface area contributed by atoms with Gasteiger partial charge in [0.1, 0.15) is 41.5 Å². The van der Waals surface area contributed by atoms with Crippen LogP contribution in [0.1, 0.15) is 17.2 Å². The number of aliphatic hydroxyl groups excluding tert-OH is 4. The molecule has 0 aromatic heterocycles. The number of hydrogen-bond acceptors (Lipinski definition) is 11. The predicted octanol–water partition coefficient (Wildman–Crippen LogP) is -0.632. The number of fused-ring (bicyclic) bond motifs is 1. The first-order valence-corrected chi connectivity index (χ1v) is 9.81. The molecule has 4 rings (SSSR count). The number of rotatable bonds is 4. The molecular weight excluding hydrogens is 444 g/mol. The van der Waals surface area contributed by atoms with Crippen molar-refractivity contribution in [2.24, 2.45) is 0 Å². The second-order valence-corrected chi connectivity index (χ2v) is 7.70. The SMILES string of the molecule is OCC1OC(OC2=Cc3c(O)cc(O)cc3[OH+]C2c2cc(O)c(O)c(O)c2)C(O)C(O)C1O. The van der Waals surface area contributed by atoms with Gasteiger partial charge in [-0.3, -0.25) is 0 Å². The van der Waals surface area contributed by atoms with Gasteiger partial charge in [0.05, 0.1) is 18.2 Å². The fraction of sp³-hybridized carbons (Fsp3) is 0.333. The lowest BCUT2D eigenvalue weighted by Crippen LogP contribution is -2.59. The zero-order valence-corrected chi connectivity index (χ0v) is 16.8. The molecule has 0 saturated carbocycles. The molecule has 0 spiro atoms. The standard InChI is InChI=1S/C21H22O12/c22-6-15-17(28)18(29)19(30)21(33-15)32-14-5-9-10(24)3-8(23)4-13(9)31-20(14)7-1-11(25)16(27)12(26)2-7/h1-5,15,17-30H,6H2/p+1. The Hall–Kier alpha value is -3.42. The van der Waals surface area contributed by atoms with Crippen molar-refractivity contribution in [3.05, 3.63) is 41.2 Å². The van der Waals surface area contributed by atoms with Gasteiger partial charge in [-0.15, -0.1) is 0 Å². The molecule has 2 aromatic carbocycles. The van der Waals surface area contributed by atoms with Gasteiger partial charge in [-0.25, -0.2) is 0 Å². The molecule has 0 aliphatic carbocycles. The van der Waals surface area contributed by atoms with Gasteiger partial charge in [0, 0.05) is 12.1 Å². The van der Waals surface area contributed by atoms with E-state index < -0.39 is 60.7 Å². The molecule has 0 bridgehead atoms. The number of benzene rings is 2. The first-order valence-electron chi connectivity index (χ1n) is 9.81. The molecule has 33 heavy (non-hydrogen) atoms. The Labute approximate surface area is 186 Å². The smallest absolute Gasteiger partial charge is 0.270 e. The van der Waals surface area contributed by atoms with Crippen molar-refractivity contribution in [3.8, 4) is 34.5 Å². The molecule has 178 valence electrons. The van der Waals surface area contributed by atoms with Crippen molar-refractivity contribution < 1.29 is 60.2 Å². The number of ether oxygens (including phenoxy) is 3. The van der Waals surface area contributed by atoms with Crippen LogP contribution in [-0.2, 0) is 9.47 Å². The van der Waals surface area contributed by atoms with Crippen molar-refractivity contribution in [1.82, 2.24) is 0 Å². The molecular formula is C21H23O12+. The molecule has 12 heteroatoms. The van der Waals surface area contributed by atoms with E-state index in [2.05, 4.69) is 4.74 Å². The number of aliphatic hydroxyl groups is 5. The zero-order chi connectivity index (χ0) is 24.0. The molecule has 1 fully saturated rings. The molecule has 0 radical (unpaired) electrons. The van der Waals surface area contributed by atoms with Gasteiger partial charge in [-0.05, 0) is 12.1 Å². The topological polar surface area (TPSA) is 213 Å². The Morgan fingerprint density at radius 3 is 2.15 bits per heavy atom. The van der Waals surface area contributed by atoms with E-state index in [1.165, 1.54) is 12.1 Å². The summed E-state index contributed by atoms with van der Waals surface area (Å²) in [6.07, 6.45) is -7.70. The third-order valence-electron chi connectivity index (χ3n) is 5.45. The summed E-state index contributed by atoms with van der Waals surface area (Å²) in [5.74, 6) is -2.65. The van der Waals surface area contributed by atoms with Gasteiger partial charge in [0.25, 0.3) is 11.9 Å². The minimum absolute atomic E-state index is 0.0858. The van der Waals surface area contributed by atoms with Gasteiger partial charge < -0.3 is 60.2 Å². The number of hydrogen-bond donors (Lipinski definition) is 9. The van der Waals surface area contributed by atoms with Crippen molar-refractivity contribution in [2.75, 3.05) is 6.61 Å². The van der Waals surface area contributed by atoms with Crippen LogP contribution >= 0.6 is 0 Å². The summed E-state index contributed by atoms with van der Waals surface area (Å²) < 4.78 is 15.5. The summed E-state index contributed by atoms with van der Waals surface area (Å²) in [5.41, 5.74) is 0.253. The largest absolute Gasteiger partial charge is 0.571 e. The monoisotopic (exact) mass is 467 g/mol. The van der Waals surface area contributed by atoms with E-state index in [1.807, 2.05) is 0 Å². The van der Waals surface area contributed by atoms with Gasteiger partial charge in [-0.1, -0.05) is 0 Å². The Morgan fingerprint density at radius 2 is 1.52 bits per heavy atom. The maximum atomic E-state index is 10.3. The Bertz CT molecular complexity index is 1060. The predicted molar refractivity (Wildman–Crippen MR) is 108 cm³/mol. The molecule has 6 atom stereocenters. The van der Waals surface area contributed by atoms with Crippen molar-refractivity contribution >= 4 is 6.08 Å². The van der Waals surface area contributed by atoms with Gasteiger partial charge >= 0.3 is 0 Å². The second-order valence-electron chi connectivity index (χ2n) is 7.70. The number of aromatic hydroxyl groups is 6. The lowest BCUT2D eigenvalue weighted by Gasteiger charge is -2.40. The summed E-state index contributed by atoms with van der Waals surface area (Å²) in [4.78, 5) is 0. The van der Waals surface area contributed by atoms with Crippen LogP contribution in [0.4, 0.5) is 0 Å². The van der Waals surface area contributed by atoms with Crippen LogP contribution in [0, 0.1) is 0 Å². The Balaban J connectivity index is 1.76. The average molecular weight is 467 g/mol. The lowest BCUT2D eigenvalue weighted by atomic mass is 9.98. The van der Waals surface area contributed by atoms with E-state index in [9.17, 15) is 46.0 Å². The maximum Gasteiger partial charge on any atom is 0.270 e. The molecule has 2 heterocycles. The van der Waals surface area contributed by atoms with E-state index in [1.54, 1.807) is 0 Å². The minimum Gasteiger partial charge on any atom is -0.571 e. The molecule has 1 saturated heterocycles. The number of phenols is 5. The van der Waals surface area contributed by atoms with Crippen LogP contribution in [0.25, 0.3) is 6.08 Å². The first-order chi connectivity index (χ1) is 15.6. The Kier molecular flexibility index (Phi) is 5.86. The lowest BCUT2D eigenvalue weighted by molar-refractivity contribution is -0.295. The third-order valence-corrected chi connectivity index (χ3v) is 5.45. The van der Waals surface area contributed by atoms with Crippen molar-refractivity contribution in [3.63, 3.8) is 0 Å². The van der Waals surface area contributed by atoms with E-state index in [-0.39, 0.29) is 34.1 Å². The van der Waals surface area contributed by atoms with Crippen molar-refractivity contribution in [1.29, 1.82) is 0 Å². The highest BCUT2D eigenvalue weighted by molar-refractivity contribution is 5.69. The molecule has 2 aliphatic heterocycles. The van der Waals surface area contributed by atoms with E-state index in [4.69, 9.17) is 9.47 Å². The number of phenolic OH excluding ortho intramolecular Hbond substituents is 5. The van der Waals surface area contributed by atoms with Gasteiger partial charge in [0.15, 0.2) is 23.0 Å². The molecule has 2 aliphatic rings. The van der Waals surface area contributed by atoms with E-state index in [0.29, 0.717) is 0 Å². The van der Waals surface area contributed by atoms with Crippen LogP contribution in [-0.4, -0.2) is 88.0 Å². The van der Waals surface area contributed by atoms with Crippen LogP contribution in [0.5, 0.6) is 34.5 Å². The minimum atomic E-state index is -1.74. The quantitative estimate of drug-likeness (QED) is 0.204. The van der Waals surface area contributed by atoms with E-state index in [0.717, 1.165) is 18.2 Å². The Morgan fingerprint density at radius 1 is 0.848 bits per heavy atom. The summed E-state index contributed by atoms with van der Waals surface area (Å²) in [5, 5.41) is 89.3. The summed E-state index contributed by atoms with van der Waals surface area (Å²) >= 11 is 0. The van der Waals surface area contributed by atoms with Crippen molar-refractivity contribution in [2.45, 2.75) is 36.8 Å². The van der Waals surface area contributed by atoms with Gasteiger partial charge in [-0.2, -0.15) is 0 Å². The molecule has 6 unspecified atom stereocenters. The molecule has 12 nitrogen and oxygen atoms in total. The zero-order valence-electron chi connectivity index (χ0n) is 16.8. The highest BCUT2D eigenvalue weighted by Gasteiger charge is 2.46. The van der Waals surface area contributed by atoms with Crippen LogP contribution in [0.2, 0.25) is 0 Å². The van der Waals surface area contributed by atoms with Crippen LogP contribution < -0.4 is 0 Å². The molecule has 0 amide bonds. The second kappa shape index (κ2) is 8.50. The summed E-state index contributed by atoms with van der Waals surface area (Å²) in [6.45, 7) is -0.680. The summed E-state index contributed by atoms with van der Waals surface area (Å²) in [7, 11) is 0. The van der Waals surface area contributed by atoms with E-state index >= 15 is 0 Å². The molecule has 10 N–H and O–H groups in total. The fourth-order valence-electron chi connectivity index (χ4n) is 3.71. The highest BCUT2D eigenvalue weighted by atomic mass is 16.7. The maximum absolute atomic E-state index is 10.3. The molecule has 2 aromatic rings. The average Bonchev–Trinajstić information content (AvgIpc) is 2.77. The highest BCUT2D eigenvalue weighted by Crippen LogP contribution is 2.47. The summed E-state index contributed by atoms with van der Waals surface area (Å²) in [6, 6.07) is 4.51. The van der Waals surface area contributed by atoms with Gasteiger partial charge in [0.2, 0.25) is 6.29 Å². The van der Waals surface area contributed by atoms with Crippen LogP contribution in [0.15, 0.2) is 30.0 Å². The first kappa shape index (κ1) is 22.8.